The predicted octanol–water partition coefficient (Wildman–Crippen LogP) is 6.05. The minimum Gasteiger partial charge on any atom is -0.352 e. The van der Waals surface area contributed by atoms with Gasteiger partial charge in [0.25, 0.3) is 11.8 Å². The van der Waals surface area contributed by atoms with Crippen molar-refractivity contribution >= 4 is 17.6 Å². The van der Waals surface area contributed by atoms with Gasteiger partial charge in [-0.1, -0.05) is 71.7 Å². The third-order valence-corrected chi connectivity index (χ3v) is 9.92. The third kappa shape index (κ3) is 7.32. The zero-order valence-electron chi connectivity index (χ0n) is 27.7. The smallest absolute Gasteiger partial charge is 0.291 e. The van der Waals surface area contributed by atoms with Crippen molar-refractivity contribution in [3.8, 4) is 0 Å². The van der Waals surface area contributed by atoms with Gasteiger partial charge < -0.3 is 15.1 Å². The molecule has 1 saturated carbocycles. The number of aliphatic imine (C=N–C) groups is 1. The molecule has 5 rings (SSSR count). The van der Waals surface area contributed by atoms with E-state index in [0.717, 1.165) is 70.0 Å². The molecule has 0 bridgehead atoms. The summed E-state index contributed by atoms with van der Waals surface area (Å²) in [6.45, 7) is 15.8. The number of tetrazole rings is 1. The molecule has 3 aliphatic rings. The zero-order valence-corrected chi connectivity index (χ0v) is 27.7. The van der Waals surface area contributed by atoms with Crippen molar-refractivity contribution in [3.63, 3.8) is 0 Å². The highest BCUT2D eigenvalue weighted by Crippen LogP contribution is 2.50. The summed E-state index contributed by atoms with van der Waals surface area (Å²) in [5, 5.41) is 16.6. The van der Waals surface area contributed by atoms with Crippen LogP contribution in [0.25, 0.3) is 0 Å². The molecular weight excluding hydrogens is 552 g/mol. The van der Waals surface area contributed by atoms with E-state index in [1.54, 1.807) is 0 Å². The lowest BCUT2D eigenvalue weighted by Gasteiger charge is -2.47. The molecule has 10 nitrogen and oxygen atoms in total. The second-order valence-electron chi connectivity index (χ2n) is 15.4. The van der Waals surface area contributed by atoms with Gasteiger partial charge in [0.05, 0.1) is 12.6 Å². The largest absolute Gasteiger partial charge is 0.352 e. The lowest BCUT2D eigenvalue weighted by molar-refractivity contribution is -0.134. The number of hydrogen-bond donors (Lipinski definition) is 2. The molecule has 0 radical (unpaired) electrons. The average Bonchev–Trinajstić information content (AvgIpc) is 3.48. The number of carbonyl (C=O) groups excluding carboxylic acids is 2. The van der Waals surface area contributed by atoms with Crippen molar-refractivity contribution in [2.24, 2.45) is 21.7 Å². The fourth-order valence-electron chi connectivity index (χ4n) is 7.20. The summed E-state index contributed by atoms with van der Waals surface area (Å²) in [5.41, 5.74) is 1.44. The van der Waals surface area contributed by atoms with E-state index in [0.29, 0.717) is 23.1 Å². The number of hydrogen-bond acceptors (Lipinski definition) is 7. The fourth-order valence-corrected chi connectivity index (χ4v) is 7.20. The number of amidine groups is 1. The Morgan fingerprint density at radius 1 is 1.02 bits per heavy atom. The number of likely N-dealkylation sites (tertiary alicyclic amines) is 1. The van der Waals surface area contributed by atoms with Crippen LogP contribution in [0.2, 0.25) is 0 Å². The van der Waals surface area contributed by atoms with Crippen LogP contribution >= 0.6 is 0 Å². The maximum atomic E-state index is 14.7. The Balaban J connectivity index is 1.46. The van der Waals surface area contributed by atoms with Crippen LogP contribution in [0.4, 0.5) is 0 Å². The fraction of sp³-hybridized carbons (Fsp3) is 0.706. The van der Waals surface area contributed by atoms with Crippen LogP contribution in [0, 0.1) is 16.7 Å². The number of benzene rings is 1. The Morgan fingerprint density at radius 2 is 1.68 bits per heavy atom. The monoisotopic (exact) mass is 604 g/mol. The zero-order chi connectivity index (χ0) is 31.5. The van der Waals surface area contributed by atoms with Gasteiger partial charge in [0.15, 0.2) is 11.7 Å². The van der Waals surface area contributed by atoms with E-state index in [-0.39, 0.29) is 35.2 Å². The van der Waals surface area contributed by atoms with Crippen LogP contribution in [0.5, 0.6) is 0 Å². The maximum Gasteiger partial charge on any atom is 0.291 e. The lowest BCUT2D eigenvalue weighted by Crippen LogP contribution is -2.52. The van der Waals surface area contributed by atoms with Gasteiger partial charge in [-0.3, -0.25) is 9.59 Å². The van der Waals surface area contributed by atoms with E-state index >= 15 is 0 Å². The van der Waals surface area contributed by atoms with Gasteiger partial charge in [0.1, 0.15) is 5.66 Å². The predicted molar refractivity (Wildman–Crippen MR) is 172 cm³/mol. The van der Waals surface area contributed by atoms with Gasteiger partial charge in [-0.05, 0) is 85.8 Å². The molecule has 10 heteroatoms. The number of H-pyrrole nitrogens is 1. The van der Waals surface area contributed by atoms with Crippen molar-refractivity contribution in [1.29, 1.82) is 0 Å². The first-order chi connectivity index (χ1) is 20.9. The summed E-state index contributed by atoms with van der Waals surface area (Å²) in [4.78, 5) is 37.5. The standard InChI is InChI=1S/C34H52N8O2/c1-32(2,3)18-17-27(24-11-13-25(14-12-24)30(43)35-23-28-37-39-40-38-28)42-31(44)29(41-21-9-7-8-10-22-41)36-34(42)19-15-26(16-20-34)33(4,5)6/h11-14,26-27H,7-10,15-23H2,1-6H3,(H,35,43)(H,37,38,39,40)/t26?,27-,34?/m1/s1. The number of amides is 2. The molecule has 0 unspecified atom stereocenters. The number of aromatic nitrogens is 4. The number of carbonyl (C=O) groups is 2. The van der Waals surface area contributed by atoms with Crippen molar-refractivity contribution in [3.05, 3.63) is 41.2 Å². The first-order valence-electron chi connectivity index (χ1n) is 16.7. The van der Waals surface area contributed by atoms with Crippen molar-refractivity contribution in [2.75, 3.05) is 13.1 Å². The molecule has 2 amide bonds. The number of aromatic amines is 1. The average molecular weight is 605 g/mol. The minimum atomic E-state index is -0.524. The third-order valence-electron chi connectivity index (χ3n) is 9.92. The maximum absolute atomic E-state index is 14.7. The van der Waals surface area contributed by atoms with Crippen molar-refractivity contribution < 1.29 is 9.59 Å². The first-order valence-corrected chi connectivity index (χ1v) is 16.7. The van der Waals surface area contributed by atoms with Gasteiger partial charge >= 0.3 is 0 Å². The van der Waals surface area contributed by atoms with Gasteiger partial charge in [0, 0.05) is 18.7 Å². The topological polar surface area (TPSA) is 119 Å². The number of nitrogens with one attached hydrogen (secondary N) is 2. The Bertz CT molecular complexity index is 1290. The van der Waals surface area contributed by atoms with E-state index in [1.165, 1.54) is 12.8 Å². The van der Waals surface area contributed by atoms with E-state index in [9.17, 15) is 9.59 Å². The van der Waals surface area contributed by atoms with Gasteiger partial charge in [-0.15, -0.1) is 10.2 Å². The summed E-state index contributed by atoms with van der Waals surface area (Å²) >= 11 is 0. The summed E-state index contributed by atoms with van der Waals surface area (Å²) in [5.74, 6) is 1.60. The molecule has 2 aromatic rings. The molecular formula is C34H52N8O2. The summed E-state index contributed by atoms with van der Waals surface area (Å²) in [7, 11) is 0. The molecule has 1 atom stereocenters. The Morgan fingerprint density at radius 3 is 2.25 bits per heavy atom. The van der Waals surface area contributed by atoms with Crippen molar-refractivity contribution in [2.45, 2.75) is 124 Å². The van der Waals surface area contributed by atoms with Crippen LogP contribution < -0.4 is 5.32 Å². The van der Waals surface area contributed by atoms with Crippen molar-refractivity contribution in [1.82, 2.24) is 35.7 Å². The van der Waals surface area contributed by atoms with Crippen LogP contribution in [-0.4, -0.2) is 66.8 Å². The molecule has 1 spiro atoms. The summed E-state index contributed by atoms with van der Waals surface area (Å²) in [6.07, 6.45) is 10.4. The number of nitrogens with zero attached hydrogens (tertiary/aromatic N) is 6. The SMILES string of the molecule is CC(C)(C)CC[C@H](c1ccc(C(=O)NCc2nn[nH]n2)cc1)N1C(=O)C(N2CCCCCC2)=NC12CCC(C(C)(C)C)CC2. The molecule has 2 fully saturated rings. The Kier molecular flexibility index (Phi) is 9.47. The summed E-state index contributed by atoms with van der Waals surface area (Å²) in [6, 6.07) is 7.67. The van der Waals surface area contributed by atoms with Crippen LogP contribution in [0.15, 0.2) is 29.3 Å². The molecule has 2 aliphatic heterocycles. The lowest BCUT2D eigenvalue weighted by atomic mass is 9.69. The highest BCUT2D eigenvalue weighted by molar-refractivity contribution is 6.39. The molecule has 2 N–H and O–H groups in total. The van der Waals surface area contributed by atoms with Crippen LogP contribution in [-0.2, 0) is 11.3 Å². The quantitative estimate of drug-likeness (QED) is 0.397. The highest BCUT2D eigenvalue weighted by atomic mass is 16.2. The summed E-state index contributed by atoms with van der Waals surface area (Å²) < 4.78 is 0. The van der Waals surface area contributed by atoms with Gasteiger partial charge in [-0.25, -0.2) is 4.99 Å². The Labute approximate surface area is 262 Å². The molecule has 1 saturated heterocycles. The number of rotatable bonds is 7. The molecule has 3 heterocycles. The normalized spacial score (nSPS) is 23.9. The second-order valence-corrected chi connectivity index (χ2v) is 15.4. The van der Waals surface area contributed by atoms with Crippen LogP contribution in [0.1, 0.15) is 134 Å². The van der Waals surface area contributed by atoms with E-state index < -0.39 is 5.66 Å². The Hall–Kier alpha value is -3.30. The second kappa shape index (κ2) is 13.0. The highest BCUT2D eigenvalue weighted by Gasteiger charge is 2.53. The van der Waals surface area contributed by atoms with E-state index in [4.69, 9.17) is 4.99 Å². The van der Waals surface area contributed by atoms with Gasteiger partial charge in [0.2, 0.25) is 0 Å². The van der Waals surface area contributed by atoms with Crippen LogP contribution in [0.3, 0.4) is 0 Å². The molecule has 1 aliphatic carbocycles. The molecule has 1 aromatic heterocycles. The minimum absolute atomic E-state index is 0.0851. The van der Waals surface area contributed by atoms with Gasteiger partial charge in [-0.2, -0.15) is 5.21 Å². The molecule has 1 aromatic carbocycles. The molecule has 44 heavy (non-hydrogen) atoms. The first kappa shape index (κ1) is 32.1. The molecule has 240 valence electrons. The van der Waals surface area contributed by atoms with E-state index in [2.05, 4.69) is 77.3 Å². The van der Waals surface area contributed by atoms with E-state index in [1.807, 2.05) is 24.3 Å².